The third-order valence-corrected chi connectivity index (χ3v) is 3.60. The highest BCUT2D eigenvalue weighted by Crippen LogP contribution is 2.38. The minimum absolute atomic E-state index is 0.164. The molecule has 3 heteroatoms. The Morgan fingerprint density at radius 1 is 1.47 bits per heavy atom. The molecule has 1 saturated carbocycles. The molecule has 0 saturated heterocycles. The molecule has 1 atom stereocenters. The van der Waals surface area contributed by atoms with Gasteiger partial charge in [0.25, 0.3) is 0 Å². The molecule has 1 aliphatic carbocycles. The van der Waals surface area contributed by atoms with Gasteiger partial charge in [-0.15, -0.1) is 0 Å². The summed E-state index contributed by atoms with van der Waals surface area (Å²) in [6.45, 7) is 5.82. The summed E-state index contributed by atoms with van der Waals surface area (Å²) in [5.74, 6) is 0.441. The van der Waals surface area contributed by atoms with Crippen molar-refractivity contribution < 1.29 is 4.39 Å². The second kappa shape index (κ2) is 4.65. The Bertz CT molecular complexity index is 386. The van der Waals surface area contributed by atoms with Crippen molar-refractivity contribution in [2.75, 3.05) is 18.0 Å². The Morgan fingerprint density at radius 2 is 2.18 bits per heavy atom. The van der Waals surface area contributed by atoms with Crippen LogP contribution in [0.2, 0.25) is 0 Å². The number of rotatable bonds is 5. The van der Waals surface area contributed by atoms with Gasteiger partial charge in [-0.25, -0.2) is 4.39 Å². The predicted octanol–water partition coefficient (Wildman–Crippen LogP) is 2.78. The zero-order valence-electron chi connectivity index (χ0n) is 10.6. The number of nitrogens with zero attached hydrogens (tertiary/aromatic N) is 1. The lowest BCUT2D eigenvalue weighted by Crippen LogP contribution is -2.49. The van der Waals surface area contributed by atoms with E-state index in [2.05, 4.69) is 18.7 Å². The van der Waals surface area contributed by atoms with Crippen molar-refractivity contribution in [3.05, 3.63) is 30.1 Å². The monoisotopic (exact) mass is 236 g/mol. The van der Waals surface area contributed by atoms with Crippen LogP contribution in [-0.2, 0) is 0 Å². The van der Waals surface area contributed by atoms with Crippen molar-refractivity contribution in [3.63, 3.8) is 0 Å². The van der Waals surface area contributed by atoms with Crippen LogP contribution in [-0.4, -0.2) is 18.6 Å². The van der Waals surface area contributed by atoms with Gasteiger partial charge in [0.2, 0.25) is 0 Å². The first-order chi connectivity index (χ1) is 8.03. The van der Waals surface area contributed by atoms with Gasteiger partial charge < -0.3 is 10.6 Å². The van der Waals surface area contributed by atoms with Gasteiger partial charge in [0.1, 0.15) is 5.82 Å². The summed E-state index contributed by atoms with van der Waals surface area (Å²) in [5, 5.41) is 0. The molecule has 2 rings (SSSR count). The molecule has 94 valence electrons. The van der Waals surface area contributed by atoms with Crippen LogP contribution in [0.25, 0.3) is 0 Å². The lowest BCUT2D eigenvalue weighted by atomic mass is 9.96. The summed E-state index contributed by atoms with van der Waals surface area (Å²) < 4.78 is 13.2. The van der Waals surface area contributed by atoms with E-state index in [4.69, 9.17) is 5.73 Å². The zero-order valence-corrected chi connectivity index (χ0v) is 10.6. The van der Waals surface area contributed by atoms with Crippen LogP contribution in [0.4, 0.5) is 10.1 Å². The number of nitrogens with two attached hydrogens (primary N) is 1. The number of benzene rings is 1. The van der Waals surface area contributed by atoms with Gasteiger partial charge in [-0.2, -0.15) is 0 Å². The summed E-state index contributed by atoms with van der Waals surface area (Å²) >= 11 is 0. The van der Waals surface area contributed by atoms with Crippen LogP contribution >= 0.6 is 0 Å². The van der Waals surface area contributed by atoms with E-state index in [1.54, 1.807) is 12.1 Å². The maximum atomic E-state index is 13.2. The fraction of sp³-hybridized carbons (Fsp3) is 0.571. The number of anilines is 1. The Kier molecular flexibility index (Phi) is 3.38. The van der Waals surface area contributed by atoms with Crippen molar-refractivity contribution >= 4 is 5.69 Å². The van der Waals surface area contributed by atoms with Crippen LogP contribution in [0, 0.1) is 11.7 Å². The van der Waals surface area contributed by atoms with E-state index in [1.165, 1.54) is 18.9 Å². The van der Waals surface area contributed by atoms with Crippen molar-refractivity contribution in [1.29, 1.82) is 0 Å². The van der Waals surface area contributed by atoms with E-state index < -0.39 is 0 Å². The molecule has 17 heavy (non-hydrogen) atoms. The molecular weight excluding hydrogens is 215 g/mol. The average Bonchev–Trinajstić information content (AvgIpc) is 3.10. The topological polar surface area (TPSA) is 29.3 Å². The standard InChI is InChI=1S/C14H21FN2/c1-3-17(10-14(2,16)11-7-8-11)13-6-4-5-12(15)9-13/h4-6,9,11H,3,7-8,10,16H2,1-2H3. The summed E-state index contributed by atoms with van der Waals surface area (Å²) in [7, 11) is 0. The summed E-state index contributed by atoms with van der Waals surface area (Å²) in [6.07, 6.45) is 2.46. The molecule has 0 spiro atoms. The highest BCUT2D eigenvalue weighted by Gasteiger charge is 2.39. The van der Waals surface area contributed by atoms with Gasteiger partial charge in [0.15, 0.2) is 0 Å². The molecule has 0 aliphatic heterocycles. The van der Waals surface area contributed by atoms with Gasteiger partial charge in [-0.3, -0.25) is 0 Å². The molecular formula is C14H21FN2. The summed E-state index contributed by atoms with van der Waals surface area (Å²) in [5.41, 5.74) is 7.10. The normalized spacial score (nSPS) is 18.8. The minimum atomic E-state index is -0.189. The maximum Gasteiger partial charge on any atom is 0.125 e. The number of hydrogen-bond acceptors (Lipinski definition) is 2. The number of halogens is 1. The van der Waals surface area contributed by atoms with E-state index in [-0.39, 0.29) is 11.4 Å². The van der Waals surface area contributed by atoms with Crippen molar-refractivity contribution in [2.45, 2.75) is 32.2 Å². The van der Waals surface area contributed by atoms with Gasteiger partial charge in [-0.05, 0) is 50.8 Å². The van der Waals surface area contributed by atoms with E-state index in [1.807, 2.05) is 6.07 Å². The van der Waals surface area contributed by atoms with Crippen LogP contribution in [0.5, 0.6) is 0 Å². The molecule has 0 bridgehead atoms. The molecule has 1 aliphatic rings. The van der Waals surface area contributed by atoms with E-state index in [0.29, 0.717) is 5.92 Å². The van der Waals surface area contributed by atoms with Crippen molar-refractivity contribution in [1.82, 2.24) is 0 Å². The Morgan fingerprint density at radius 3 is 2.71 bits per heavy atom. The van der Waals surface area contributed by atoms with Crippen LogP contribution in [0.1, 0.15) is 26.7 Å². The quantitative estimate of drug-likeness (QED) is 0.851. The molecule has 2 nitrogen and oxygen atoms in total. The molecule has 1 aromatic rings. The van der Waals surface area contributed by atoms with Gasteiger partial charge in [-0.1, -0.05) is 6.07 Å². The van der Waals surface area contributed by atoms with Crippen LogP contribution in [0.15, 0.2) is 24.3 Å². The Balaban J connectivity index is 2.10. The van der Waals surface area contributed by atoms with Gasteiger partial charge in [0.05, 0.1) is 0 Å². The van der Waals surface area contributed by atoms with Gasteiger partial charge >= 0.3 is 0 Å². The SMILES string of the molecule is CCN(CC(C)(N)C1CC1)c1cccc(F)c1. The fourth-order valence-corrected chi connectivity index (χ4v) is 2.34. The molecule has 0 aromatic heterocycles. The van der Waals surface area contributed by atoms with Crippen molar-refractivity contribution in [3.8, 4) is 0 Å². The fourth-order valence-electron chi connectivity index (χ4n) is 2.34. The first-order valence-corrected chi connectivity index (χ1v) is 6.32. The zero-order chi connectivity index (χ0) is 12.5. The lowest BCUT2D eigenvalue weighted by molar-refractivity contribution is 0.407. The number of likely N-dealkylation sites (N-methyl/N-ethyl adjacent to an activating group) is 1. The molecule has 1 aromatic carbocycles. The summed E-state index contributed by atoms with van der Waals surface area (Å²) in [4.78, 5) is 2.15. The van der Waals surface area contributed by atoms with Gasteiger partial charge in [0, 0.05) is 24.3 Å². The lowest BCUT2D eigenvalue weighted by Gasteiger charge is -2.33. The van der Waals surface area contributed by atoms with Crippen LogP contribution in [0.3, 0.4) is 0 Å². The smallest absolute Gasteiger partial charge is 0.125 e. The molecule has 1 fully saturated rings. The Labute approximate surface area is 103 Å². The molecule has 0 heterocycles. The molecule has 0 radical (unpaired) electrons. The predicted molar refractivity (Wildman–Crippen MR) is 69.6 cm³/mol. The first-order valence-electron chi connectivity index (χ1n) is 6.32. The highest BCUT2D eigenvalue weighted by atomic mass is 19.1. The maximum absolute atomic E-state index is 13.2. The van der Waals surface area contributed by atoms with E-state index >= 15 is 0 Å². The molecule has 2 N–H and O–H groups in total. The first kappa shape index (κ1) is 12.4. The largest absolute Gasteiger partial charge is 0.370 e. The molecule has 1 unspecified atom stereocenters. The summed E-state index contributed by atoms with van der Waals surface area (Å²) in [6, 6.07) is 6.74. The van der Waals surface area contributed by atoms with Crippen LogP contribution < -0.4 is 10.6 Å². The van der Waals surface area contributed by atoms with Crippen molar-refractivity contribution in [2.24, 2.45) is 11.7 Å². The minimum Gasteiger partial charge on any atom is -0.370 e. The second-order valence-corrected chi connectivity index (χ2v) is 5.27. The number of hydrogen-bond donors (Lipinski definition) is 1. The van der Waals surface area contributed by atoms with E-state index in [9.17, 15) is 4.39 Å². The third kappa shape index (κ3) is 2.97. The average molecular weight is 236 g/mol. The van der Waals surface area contributed by atoms with E-state index in [0.717, 1.165) is 18.8 Å². The third-order valence-electron chi connectivity index (χ3n) is 3.60. The highest BCUT2D eigenvalue weighted by molar-refractivity contribution is 5.47. The molecule has 0 amide bonds. The second-order valence-electron chi connectivity index (χ2n) is 5.27. The Hall–Kier alpha value is -1.09.